The Morgan fingerprint density at radius 3 is 2.62 bits per heavy atom. The van der Waals surface area contributed by atoms with E-state index in [1.807, 2.05) is 18.4 Å². The molecule has 0 aliphatic heterocycles. The zero-order valence-electron chi connectivity index (χ0n) is 14.3. The number of aryl methyl sites for hydroxylation is 2. The Morgan fingerprint density at radius 2 is 2.00 bits per heavy atom. The molecule has 2 aromatic heterocycles. The molecule has 2 heterocycles. The minimum Gasteiger partial charge on any atom is -0.344 e. The molecule has 0 saturated carbocycles. The van der Waals surface area contributed by atoms with Crippen LogP contribution in [0.15, 0.2) is 5.16 Å². The molecule has 1 N–H and O–H groups in total. The summed E-state index contributed by atoms with van der Waals surface area (Å²) in [6, 6.07) is 0. The van der Waals surface area contributed by atoms with Crippen molar-refractivity contribution in [2.24, 2.45) is 0 Å². The molecule has 0 spiro atoms. The maximum atomic E-state index is 12.1. The number of aromatic nitrogens is 4. The van der Waals surface area contributed by atoms with Crippen molar-refractivity contribution >= 4 is 40.0 Å². The van der Waals surface area contributed by atoms with Crippen LogP contribution in [0, 0.1) is 13.8 Å². The largest absolute Gasteiger partial charge is 0.344 e. The van der Waals surface area contributed by atoms with Gasteiger partial charge in [0.1, 0.15) is 10.7 Å². The van der Waals surface area contributed by atoms with Crippen molar-refractivity contribution in [2.75, 3.05) is 25.2 Å². The van der Waals surface area contributed by atoms with Gasteiger partial charge in [-0.3, -0.25) is 9.59 Å². The average Bonchev–Trinajstić information content (AvgIpc) is 3.06. The lowest BCUT2D eigenvalue weighted by molar-refractivity contribution is -0.113. The van der Waals surface area contributed by atoms with Crippen molar-refractivity contribution in [3.8, 4) is 0 Å². The summed E-state index contributed by atoms with van der Waals surface area (Å²) in [5, 5.41) is 11.9. The normalized spacial score (nSPS) is 10.7. The summed E-state index contributed by atoms with van der Waals surface area (Å²) in [7, 11) is 3.37. The van der Waals surface area contributed by atoms with E-state index in [1.165, 1.54) is 28.0 Å². The topological polar surface area (TPSA) is 93.0 Å². The predicted octanol–water partition coefficient (Wildman–Crippen LogP) is 1.80. The third-order valence-electron chi connectivity index (χ3n) is 3.19. The Balaban J connectivity index is 1.98. The zero-order chi connectivity index (χ0) is 17.9. The summed E-state index contributed by atoms with van der Waals surface area (Å²) in [6.07, 6.45) is 0. The van der Waals surface area contributed by atoms with Gasteiger partial charge in [0.15, 0.2) is 10.3 Å². The molecule has 2 amide bonds. The first kappa shape index (κ1) is 18.4. The van der Waals surface area contributed by atoms with E-state index in [2.05, 4.69) is 20.5 Å². The molecule has 0 unspecified atom stereocenters. The molecule has 8 nitrogen and oxygen atoms in total. The highest BCUT2D eigenvalue weighted by atomic mass is 32.2. The van der Waals surface area contributed by atoms with Crippen LogP contribution >= 0.6 is 23.1 Å². The second kappa shape index (κ2) is 7.75. The molecule has 0 fully saturated rings. The maximum absolute atomic E-state index is 12.1. The third-order valence-corrected chi connectivity index (χ3v) is 5.22. The van der Waals surface area contributed by atoms with Crippen molar-refractivity contribution in [1.29, 1.82) is 0 Å². The first-order valence-corrected chi connectivity index (χ1v) is 9.15. The smallest absolute Gasteiger partial charge is 0.265 e. The van der Waals surface area contributed by atoms with Crippen molar-refractivity contribution in [1.82, 2.24) is 24.6 Å². The number of thioether (sulfide) groups is 1. The van der Waals surface area contributed by atoms with Gasteiger partial charge in [0.25, 0.3) is 5.91 Å². The fraction of sp³-hybridized carbons (Fsp3) is 0.500. The first-order valence-electron chi connectivity index (χ1n) is 7.35. The van der Waals surface area contributed by atoms with Gasteiger partial charge in [-0.1, -0.05) is 23.1 Å². The monoisotopic (exact) mass is 368 g/mol. The molecule has 0 aliphatic rings. The first-order chi connectivity index (χ1) is 11.3. The summed E-state index contributed by atoms with van der Waals surface area (Å²) >= 11 is 2.50. The van der Waals surface area contributed by atoms with Gasteiger partial charge < -0.3 is 14.8 Å². The van der Waals surface area contributed by atoms with Gasteiger partial charge in [-0.15, -0.1) is 10.2 Å². The van der Waals surface area contributed by atoms with E-state index in [4.69, 9.17) is 0 Å². The van der Waals surface area contributed by atoms with Crippen molar-refractivity contribution in [3.63, 3.8) is 0 Å². The van der Waals surface area contributed by atoms with Crippen molar-refractivity contribution in [3.05, 3.63) is 16.4 Å². The van der Waals surface area contributed by atoms with Crippen LogP contribution in [-0.4, -0.2) is 56.3 Å². The molecule has 130 valence electrons. The number of hydrogen-bond acceptors (Lipinski definition) is 7. The molecule has 2 rings (SSSR count). The van der Waals surface area contributed by atoms with E-state index in [0.29, 0.717) is 20.9 Å². The highest BCUT2D eigenvalue weighted by Gasteiger charge is 2.18. The lowest BCUT2D eigenvalue weighted by Gasteiger charge is -2.07. The van der Waals surface area contributed by atoms with Gasteiger partial charge in [-0.05, 0) is 20.8 Å². The van der Waals surface area contributed by atoms with Crippen molar-refractivity contribution < 1.29 is 9.59 Å². The summed E-state index contributed by atoms with van der Waals surface area (Å²) in [4.78, 5) is 30.4. The van der Waals surface area contributed by atoms with Gasteiger partial charge in [-0.2, -0.15) is 0 Å². The number of nitrogens with zero attached hydrogens (tertiary/aromatic N) is 5. The standard InChI is InChI=1S/C14H20N6O2S2/c1-6-20-9(3)17-18-14(20)23-7-10(21)16-13-15-8(2)11(24-13)12(22)19(4)5/h6-7H2,1-5H3,(H,15,16,21). The van der Waals surface area contributed by atoms with Crippen LogP contribution in [0.1, 0.15) is 28.1 Å². The SMILES string of the molecule is CCn1c(C)nnc1SCC(=O)Nc1nc(C)c(C(=O)N(C)C)s1. The molecule has 0 radical (unpaired) electrons. The predicted molar refractivity (Wildman–Crippen MR) is 94.7 cm³/mol. The van der Waals surface area contributed by atoms with Crippen LogP contribution in [-0.2, 0) is 11.3 Å². The Kier molecular flexibility index (Phi) is 5.94. The summed E-state index contributed by atoms with van der Waals surface area (Å²) in [5.74, 6) is 0.711. The fourth-order valence-corrected chi connectivity index (χ4v) is 3.82. The molecular weight excluding hydrogens is 348 g/mol. The highest BCUT2D eigenvalue weighted by molar-refractivity contribution is 7.99. The molecule has 0 saturated heterocycles. The molecule has 10 heteroatoms. The number of amides is 2. The van der Waals surface area contributed by atoms with Gasteiger partial charge in [0.2, 0.25) is 5.91 Å². The van der Waals surface area contributed by atoms with E-state index in [1.54, 1.807) is 21.0 Å². The molecule has 0 bridgehead atoms. The van der Waals surface area contributed by atoms with Crippen LogP contribution in [0.2, 0.25) is 0 Å². The highest BCUT2D eigenvalue weighted by Crippen LogP contribution is 2.24. The van der Waals surface area contributed by atoms with Gasteiger partial charge in [-0.25, -0.2) is 4.98 Å². The van der Waals surface area contributed by atoms with E-state index >= 15 is 0 Å². The zero-order valence-corrected chi connectivity index (χ0v) is 15.9. The summed E-state index contributed by atoms with van der Waals surface area (Å²) in [5.41, 5.74) is 0.614. The maximum Gasteiger partial charge on any atom is 0.265 e. The number of thiazole rings is 1. The quantitative estimate of drug-likeness (QED) is 0.782. The Morgan fingerprint density at radius 1 is 1.29 bits per heavy atom. The summed E-state index contributed by atoms with van der Waals surface area (Å²) in [6.45, 7) is 6.39. The lowest BCUT2D eigenvalue weighted by Crippen LogP contribution is -2.21. The number of rotatable bonds is 6. The molecule has 2 aromatic rings. The van der Waals surface area contributed by atoms with Crippen LogP contribution in [0.3, 0.4) is 0 Å². The minimum atomic E-state index is -0.194. The number of carbonyl (C=O) groups is 2. The van der Waals surface area contributed by atoms with Crippen LogP contribution in [0.5, 0.6) is 0 Å². The van der Waals surface area contributed by atoms with E-state index < -0.39 is 0 Å². The van der Waals surface area contributed by atoms with Gasteiger partial charge in [0.05, 0.1) is 11.4 Å². The Hall–Kier alpha value is -1.94. The number of carbonyl (C=O) groups excluding carboxylic acids is 2. The third kappa shape index (κ3) is 4.12. The van der Waals surface area contributed by atoms with E-state index in [-0.39, 0.29) is 17.6 Å². The lowest BCUT2D eigenvalue weighted by atomic mass is 10.3. The fourth-order valence-electron chi connectivity index (χ4n) is 1.97. The van der Waals surface area contributed by atoms with Gasteiger partial charge >= 0.3 is 0 Å². The number of anilines is 1. The molecule has 0 atom stereocenters. The molecular formula is C14H20N6O2S2. The Labute approximate surface area is 148 Å². The van der Waals surface area contributed by atoms with E-state index in [0.717, 1.165) is 12.4 Å². The van der Waals surface area contributed by atoms with Gasteiger partial charge in [0, 0.05) is 20.6 Å². The Bertz CT molecular complexity index is 753. The number of nitrogens with one attached hydrogen (secondary N) is 1. The second-order valence-corrected chi connectivity index (χ2v) is 7.19. The molecule has 0 aliphatic carbocycles. The summed E-state index contributed by atoms with van der Waals surface area (Å²) < 4.78 is 1.94. The van der Waals surface area contributed by atoms with Crippen LogP contribution in [0.25, 0.3) is 0 Å². The molecule has 24 heavy (non-hydrogen) atoms. The van der Waals surface area contributed by atoms with Crippen LogP contribution < -0.4 is 5.32 Å². The second-order valence-electron chi connectivity index (χ2n) is 5.24. The van der Waals surface area contributed by atoms with E-state index in [9.17, 15) is 9.59 Å². The molecule has 0 aromatic carbocycles. The average molecular weight is 368 g/mol. The minimum absolute atomic E-state index is 0.119. The van der Waals surface area contributed by atoms with Crippen LogP contribution in [0.4, 0.5) is 5.13 Å². The van der Waals surface area contributed by atoms with Crippen molar-refractivity contribution in [2.45, 2.75) is 32.5 Å². The number of hydrogen-bond donors (Lipinski definition) is 1.